The van der Waals surface area contributed by atoms with Crippen LogP contribution in [0.4, 0.5) is 13.6 Å². The number of ether oxygens (including phenoxy) is 1. The lowest BCUT2D eigenvalue weighted by Crippen LogP contribution is -2.48. The van der Waals surface area contributed by atoms with Crippen molar-refractivity contribution < 1.29 is 22.8 Å². The molecule has 3 fully saturated rings. The largest absolute Gasteiger partial charge is 0.444 e. The van der Waals surface area contributed by atoms with Crippen molar-refractivity contribution in [1.29, 1.82) is 0 Å². The van der Waals surface area contributed by atoms with Crippen LogP contribution < -0.4 is 0 Å². The van der Waals surface area contributed by atoms with Crippen molar-refractivity contribution in [1.82, 2.24) is 15.0 Å². The number of carbonyl (C=O) groups is 1. The fourth-order valence-electron chi connectivity index (χ4n) is 4.76. The van der Waals surface area contributed by atoms with Gasteiger partial charge < -0.3 is 14.2 Å². The minimum Gasteiger partial charge on any atom is -0.444 e. The summed E-state index contributed by atoms with van der Waals surface area (Å²) in [6.07, 6.45) is 4.07. The summed E-state index contributed by atoms with van der Waals surface area (Å²) < 4.78 is 38.0. The second kappa shape index (κ2) is 7.20. The highest BCUT2D eigenvalue weighted by Gasteiger charge is 2.52. The van der Waals surface area contributed by atoms with Gasteiger partial charge in [-0.15, -0.1) is 0 Å². The van der Waals surface area contributed by atoms with Gasteiger partial charge >= 0.3 is 6.09 Å². The van der Waals surface area contributed by atoms with Crippen LogP contribution in [0.3, 0.4) is 0 Å². The van der Waals surface area contributed by atoms with Gasteiger partial charge in [0.25, 0.3) is 0 Å². The summed E-state index contributed by atoms with van der Waals surface area (Å²) in [7, 11) is 0. The molecule has 0 N–H and O–H groups in total. The number of carbonyl (C=O) groups excluding carboxylic acids is 1. The molecule has 3 aliphatic rings. The van der Waals surface area contributed by atoms with Gasteiger partial charge in [0.2, 0.25) is 11.8 Å². The summed E-state index contributed by atoms with van der Waals surface area (Å²) in [5.41, 5.74) is -0.694. The minimum absolute atomic E-state index is 0.0750. The number of hydrogen-bond acceptors (Lipinski definition) is 5. The van der Waals surface area contributed by atoms with Crippen LogP contribution in [-0.4, -0.2) is 45.7 Å². The van der Waals surface area contributed by atoms with Gasteiger partial charge in [-0.1, -0.05) is 5.16 Å². The van der Waals surface area contributed by atoms with Crippen LogP contribution in [0.2, 0.25) is 0 Å². The average Bonchev–Trinajstić information content (AvgIpc) is 3.38. The molecule has 2 aliphatic carbocycles. The first-order valence-corrected chi connectivity index (χ1v) is 10.8. The van der Waals surface area contributed by atoms with Gasteiger partial charge in [-0.3, -0.25) is 0 Å². The van der Waals surface area contributed by atoms with Crippen LogP contribution in [0, 0.1) is 5.92 Å². The monoisotopic (exact) mass is 411 g/mol. The van der Waals surface area contributed by atoms with Crippen LogP contribution >= 0.6 is 0 Å². The van der Waals surface area contributed by atoms with E-state index in [0.29, 0.717) is 43.6 Å². The Labute approximate surface area is 170 Å². The molecule has 4 rings (SSSR count). The molecule has 0 aromatic carbocycles. The van der Waals surface area contributed by atoms with Gasteiger partial charge in [-0.05, 0) is 65.2 Å². The Balaban J connectivity index is 1.44. The number of halogens is 2. The highest BCUT2D eigenvalue weighted by molar-refractivity contribution is 5.68. The van der Waals surface area contributed by atoms with Gasteiger partial charge in [0.05, 0.1) is 0 Å². The molecule has 8 heteroatoms. The summed E-state index contributed by atoms with van der Waals surface area (Å²) >= 11 is 0. The van der Waals surface area contributed by atoms with Crippen molar-refractivity contribution >= 4 is 6.09 Å². The quantitative estimate of drug-likeness (QED) is 0.697. The van der Waals surface area contributed by atoms with E-state index in [1.165, 1.54) is 0 Å². The maximum atomic E-state index is 13.5. The Kier molecular flexibility index (Phi) is 5.10. The van der Waals surface area contributed by atoms with E-state index in [2.05, 4.69) is 5.16 Å². The van der Waals surface area contributed by atoms with Gasteiger partial charge in [-0.25, -0.2) is 13.6 Å². The third-order valence-electron chi connectivity index (χ3n) is 6.62. The van der Waals surface area contributed by atoms with E-state index in [-0.39, 0.29) is 30.3 Å². The van der Waals surface area contributed by atoms with Gasteiger partial charge in [0.15, 0.2) is 5.82 Å². The summed E-state index contributed by atoms with van der Waals surface area (Å²) in [5.74, 6) is -0.928. The molecule has 1 amide bonds. The topological polar surface area (TPSA) is 68.5 Å². The molecule has 0 atom stereocenters. The van der Waals surface area contributed by atoms with Crippen molar-refractivity contribution in [2.45, 2.75) is 95.0 Å². The second-order valence-corrected chi connectivity index (χ2v) is 9.98. The molecule has 1 aromatic heterocycles. The number of aromatic nitrogens is 2. The van der Waals surface area contributed by atoms with Gasteiger partial charge in [0, 0.05) is 37.3 Å². The number of likely N-dealkylation sites (tertiary alicyclic amines) is 1. The van der Waals surface area contributed by atoms with Gasteiger partial charge in [0.1, 0.15) is 5.60 Å². The van der Waals surface area contributed by atoms with Crippen molar-refractivity contribution in [2.75, 3.05) is 13.1 Å². The lowest BCUT2D eigenvalue weighted by molar-refractivity contribution is -0.0402. The molecule has 0 radical (unpaired) electrons. The average molecular weight is 411 g/mol. The first-order valence-electron chi connectivity index (χ1n) is 10.8. The van der Waals surface area contributed by atoms with Crippen molar-refractivity contribution in [3.63, 3.8) is 0 Å². The van der Waals surface area contributed by atoms with E-state index in [4.69, 9.17) is 14.2 Å². The molecule has 6 nitrogen and oxygen atoms in total. The molecule has 0 bridgehead atoms. The van der Waals surface area contributed by atoms with E-state index >= 15 is 0 Å². The van der Waals surface area contributed by atoms with Crippen LogP contribution in [0.1, 0.15) is 89.8 Å². The molecule has 2 saturated carbocycles. The molecule has 162 valence electrons. The number of piperidine rings is 1. The first kappa shape index (κ1) is 20.5. The molecule has 1 aliphatic heterocycles. The molecule has 0 unspecified atom stereocenters. The van der Waals surface area contributed by atoms with E-state index in [1.54, 1.807) is 4.90 Å². The van der Waals surface area contributed by atoms with Crippen LogP contribution in [0.5, 0.6) is 0 Å². The van der Waals surface area contributed by atoms with Crippen molar-refractivity contribution in [3.8, 4) is 0 Å². The van der Waals surface area contributed by atoms with Crippen molar-refractivity contribution in [2.24, 2.45) is 5.92 Å². The van der Waals surface area contributed by atoms with E-state index < -0.39 is 11.5 Å². The zero-order chi connectivity index (χ0) is 20.9. The summed E-state index contributed by atoms with van der Waals surface area (Å²) in [6.45, 7) is 6.80. The van der Waals surface area contributed by atoms with Gasteiger partial charge in [-0.2, -0.15) is 4.98 Å². The summed E-state index contributed by atoms with van der Waals surface area (Å²) in [6, 6.07) is 0. The fraction of sp³-hybridized carbons (Fsp3) is 0.857. The normalized spacial score (nSPS) is 25.1. The highest BCUT2D eigenvalue weighted by atomic mass is 19.3. The van der Waals surface area contributed by atoms with Crippen LogP contribution in [0.15, 0.2) is 4.52 Å². The summed E-state index contributed by atoms with van der Waals surface area (Å²) in [5, 5.41) is 4.31. The lowest BCUT2D eigenvalue weighted by atomic mass is 9.73. The maximum Gasteiger partial charge on any atom is 0.410 e. The number of hydrogen-bond donors (Lipinski definition) is 0. The number of nitrogens with zero attached hydrogens (tertiary/aromatic N) is 3. The highest BCUT2D eigenvalue weighted by Crippen LogP contribution is 2.52. The predicted octanol–water partition coefficient (Wildman–Crippen LogP) is 5.04. The molecule has 1 saturated heterocycles. The Morgan fingerprint density at radius 2 is 1.72 bits per heavy atom. The Morgan fingerprint density at radius 1 is 1.10 bits per heavy atom. The maximum absolute atomic E-state index is 13.5. The smallest absolute Gasteiger partial charge is 0.410 e. The second-order valence-electron chi connectivity index (χ2n) is 9.98. The molecular weight excluding hydrogens is 380 g/mol. The van der Waals surface area contributed by atoms with E-state index in [1.807, 2.05) is 20.8 Å². The fourth-order valence-corrected chi connectivity index (χ4v) is 4.76. The minimum atomic E-state index is -2.57. The standard InChI is InChI=1S/C21H31F2N3O3/c1-19(2,3)28-18(27)26-12-10-20(11-13-26,15-4-5-15)17-24-16(29-25-17)14-6-8-21(22,23)9-7-14/h14-15H,4-13H2,1-3H3. The SMILES string of the molecule is CC(C)(C)OC(=O)N1CCC(c2noc(C3CCC(F)(F)CC3)n2)(C2CC2)CC1. The third kappa shape index (κ3) is 4.40. The Bertz CT molecular complexity index is 737. The predicted molar refractivity (Wildman–Crippen MR) is 102 cm³/mol. The Morgan fingerprint density at radius 3 is 2.28 bits per heavy atom. The van der Waals surface area contributed by atoms with Crippen molar-refractivity contribution in [3.05, 3.63) is 11.7 Å². The van der Waals surface area contributed by atoms with Crippen LogP contribution in [-0.2, 0) is 10.2 Å². The molecule has 29 heavy (non-hydrogen) atoms. The number of alkyl halides is 2. The Hall–Kier alpha value is -1.73. The van der Waals surface area contributed by atoms with E-state index in [9.17, 15) is 13.6 Å². The zero-order valence-corrected chi connectivity index (χ0v) is 17.5. The first-order chi connectivity index (χ1) is 13.6. The molecular formula is C21H31F2N3O3. The zero-order valence-electron chi connectivity index (χ0n) is 17.5. The lowest BCUT2D eigenvalue weighted by Gasteiger charge is -2.40. The molecule has 1 aromatic rings. The summed E-state index contributed by atoms with van der Waals surface area (Å²) in [4.78, 5) is 18.9. The number of amides is 1. The third-order valence-corrected chi connectivity index (χ3v) is 6.62. The molecule has 2 heterocycles. The number of rotatable bonds is 3. The molecule has 0 spiro atoms. The van der Waals surface area contributed by atoms with E-state index in [0.717, 1.165) is 25.7 Å². The van der Waals surface area contributed by atoms with Crippen LogP contribution in [0.25, 0.3) is 0 Å².